The second-order valence-corrected chi connectivity index (χ2v) is 7.11. The fraction of sp³-hybridized carbons (Fsp3) is 0.450. The van der Waals surface area contributed by atoms with Crippen molar-refractivity contribution in [2.24, 2.45) is 5.92 Å². The van der Waals surface area contributed by atoms with E-state index in [1.54, 1.807) is 12.3 Å². The summed E-state index contributed by atoms with van der Waals surface area (Å²) in [6, 6.07) is 11.1. The summed E-state index contributed by atoms with van der Waals surface area (Å²) in [6.45, 7) is 3.00. The van der Waals surface area contributed by atoms with E-state index in [1.165, 1.54) is 30.3 Å². The van der Waals surface area contributed by atoms with Crippen molar-refractivity contribution in [3.05, 3.63) is 59.7 Å². The van der Waals surface area contributed by atoms with E-state index >= 15 is 0 Å². The van der Waals surface area contributed by atoms with E-state index in [0.29, 0.717) is 17.7 Å². The number of nitrogens with zero attached hydrogens (tertiary/aromatic N) is 3. The Morgan fingerprint density at radius 2 is 1.84 bits per heavy atom. The highest BCUT2D eigenvalue weighted by Crippen LogP contribution is 2.28. The Labute approximate surface area is 148 Å². The SMILES string of the molecule is O=C(NCC1CCN(C2Cc3ccccc3C2)CC1)c1ccncn1. The van der Waals surface area contributed by atoms with E-state index in [0.717, 1.165) is 32.5 Å². The number of piperidine rings is 1. The van der Waals surface area contributed by atoms with Crippen molar-refractivity contribution in [1.82, 2.24) is 20.2 Å². The number of carbonyl (C=O) groups excluding carboxylic acids is 1. The minimum Gasteiger partial charge on any atom is -0.350 e. The largest absolute Gasteiger partial charge is 0.350 e. The highest BCUT2D eigenvalue weighted by Gasteiger charge is 2.29. The molecule has 2 heterocycles. The van der Waals surface area contributed by atoms with Gasteiger partial charge in [0.1, 0.15) is 12.0 Å². The first-order valence-electron chi connectivity index (χ1n) is 9.14. The number of nitrogens with one attached hydrogen (secondary N) is 1. The van der Waals surface area contributed by atoms with Gasteiger partial charge < -0.3 is 5.32 Å². The van der Waals surface area contributed by atoms with E-state index in [4.69, 9.17) is 0 Å². The molecule has 0 radical (unpaired) electrons. The number of aromatic nitrogens is 2. The molecule has 2 aliphatic rings. The molecule has 1 fully saturated rings. The summed E-state index contributed by atoms with van der Waals surface area (Å²) in [4.78, 5) is 22.6. The van der Waals surface area contributed by atoms with Gasteiger partial charge in [-0.3, -0.25) is 9.69 Å². The number of benzene rings is 1. The first-order chi connectivity index (χ1) is 12.3. The van der Waals surface area contributed by atoms with Crippen LogP contribution >= 0.6 is 0 Å². The van der Waals surface area contributed by atoms with Crippen molar-refractivity contribution in [1.29, 1.82) is 0 Å². The Morgan fingerprint density at radius 1 is 1.12 bits per heavy atom. The highest BCUT2D eigenvalue weighted by molar-refractivity contribution is 5.92. The van der Waals surface area contributed by atoms with Crippen molar-refractivity contribution in [3.63, 3.8) is 0 Å². The van der Waals surface area contributed by atoms with Crippen LogP contribution in [0.1, 0.15) is 34.5 Å². The molecule has 130 valence electrons. The summed E-state index contributed by atoms with van der Waals surface area (Å²) in [6.07, 6.45) is 7.68. The van der Waals surface area contributed by atoms with Crippen LogP contribution in [-0.4, -0.2) is 46.5 Å². The lowest BCUT2D eigenvalue weighted by Crippen LogP contribution is -2.44. The van der Waals surface area contributed by atoms with E-state index < -0.39 is 0 Å². The van der Waals surface area contributed by atoms with Crippen molar-refractivity contribution in [3.8, 4) is 0 Å². The normalized spacial score (nSPS) is 18.9. The average molecular weight is 336 g/mol. The summed E-state index contributed by atoms with van der Waals surface area (Å²) < 4.78 is 0. The molecular formula is C20H24N4O. The highest BCUT2D eigenvalue weighted by atomic mass is 16.1. The maximum Gasteiger partial charge on any atom is 0.270 e. The van der Waals surface area contributed by atoms with Gasteiger partial charge in [0.25, 0.3) is 5.91 Å². The lowest BCUT2D eigenvalue weighted by molar-refractivity contribution is 0.0920. The summed E-state index contributed by atoms with van der Waals surface area (Å²) in [5.74, 6) is 0.460. The van der Waals surface area contributed by atoms with Crippen LogP contribution in [0.15, 0.2) is 42.9 Å². The second kappa shape index (κ2) is 7.31. The monoisotopic (exact) mass is 336 g/mol. The van der Waals surface area contributed by atoms with Crippen LogP contribution in [0.5, 0.6) is 0 Å². The molecule has 4 rings (SSSR count). The molecule has 0 bridgehead atoms. The van der Waals surface area contributed by atoms with Crippen molar-refractivity contribution < 1.29 is 4.79 Å². The molecule has 5 heteroatoms. The Balaban J connectivity index is 1.23. The molecule has 5 nitrogen and oxygen atoms in total. The van der Waals surface area contributed by atoms with Crippen LogP contribution in [0.4, 0.5) is 0 Å². The van der Waals surface area contributed by atoms with Gasteiger partial charge in [-0.05, 0) is 61.9 Å². The van der Waals surface area contributed by atoms with Gasteiger partial charge in [0.15, 0.2) is 0 Å². The number of fused-ring (bicyclic) bond motifs is 1. The molecule has 0 atom stereocenters. The number of amides is 1. The third-order valence-electron chi connectivity index (χ3n) is 5.56. The summed E-state index contributed by atoms with van der Waals surface area (Å²) in [5.41, 5.74) is 3.48. The quantitative estimate of drug-likeness (QED) is 0.929. The molecule has 1 N–H and O–H groups in total. The second-order valence-electron chi connectivity index (χ2n) is 7.11. The summed E-state index contributed by atoms with van der Waals surface area (Å²) in [7, 11) is 0. The molecule has 25 heavy (non-hydrogen) atoms. The molecule has 1 aliphatic carbocycles. The smallest absolute Gasteiger partial charge is 0.270 e. The van der Waals surface area contributed by atoms with Gasteiger partial charge in [-0.2, -0.15) is 0 Å². The van der Waals surface area contributed by atoms with E-state index in [2.05, 4.69) is 44.5 Å². The molecule has 2 aromatic rings. The zero-order chi connectivity index (χ0) is 17.1. The van der Waals surface area contributed by atoms with Crippen LogP contribution in [0.2, 0.25) is 0 Å². The lowest BCUT2D eigenvalue weighted by atomic mass is 9.95. The Morgan fingerprint density at radius 3 is 2.48 bits per heavy atom. The summed E-state index contributed by atoms with van der Waals surface area (Å²) in [5, 5.41) is 3.02. The van der Waals surface area contributed by atoms with Crippen LogP contribution in [0, 0.1) is 5.92 Å². The molecule has 1 aliphatic heterocycles. The minimum absolute atomic E-state index is 0.101. The van der Waals surface area contributed by atoms with Crippen LogP contribution in [-0.2, 0) is 12.8 Å². The number of likely N-dealkylation sites (tertiary alicyclic amines) is 1. The van der Waals surface area contributed by atoms with Gasteiger partial charge in [-0.1, -0.05) is 24.3 Å². The zero-order valence-corrected chi connectivity index (χ0v) is 14.4. The minimum atomic E-state index is -0.101. The van der Waals surface area contributed by atoms with Gasteiger partial charge in [-0.15, -0.1) is 0 Å². The lowest BCUT2D eigenvalue weighted by Gasteiger charge is -2.36. The van der Waals surface area contributed by atoms with Gasteiger partial charge >= 0.3 is 0 Å². The predicted octanol–water partition coefficient (Wildman–Crippen LogP) is 2.09. The zero-order valence-electron chi connectivity index (χ0n) is 14.4. The number of rotatable bonds is 4. The van der Waals surface area contributed by atoms with E-state index in [1.807, 2.05) is 0 Å². The third-order valence-corrected chi connectivity index (χ3v) is 5.56. The molecule has 0 unspecified atom stereocenters. The molecule has 1 saturated heterocycles. The molecule has 0 saturated carbocycles. The van der Waals surface area contributed by atoms with E-state index in [9.17, 15) is 4.79 Å². The molecule has 1 aromatic carbocycles. The Hall–Kier alpha value is -2.27. The maximum atomic E-state index is 12.1. The summed E-state index contributed by atoms with van der Waals surface area (Å²) >= 11 is 0. The average Bonchev–Trinajstić information content (AvgIpc) is 3.11. The third kappa shape index (κ3) is 3.71. The molecule has 1 aromatic heterocycles. The van der Waals surface area contributed by atoms with Gasteiger partial charge in [0.05, 0.1) is 0 Å². The first kappa shape index (κ1) is 16.2. The van der Waals surface area contributed by atoms with Crippen molar-refractivity contribution in [2.45, 2.75) is 31.7 Å². The predicted molar refractivity (Wildman–Crippen MR) is 96.3 cm³/mol. The molecule has 0 spiro atoms. The standard InChI is InChI=1S/C20H24N4O/c25-20(19-5-8-21-14-23-19)22-13-15-6-9-24(10-7-15)18-11-16-3-1-2-4-17(16)12-18/h1-5,8,14-15,18H,6-7,9-13H2,(H,22,25). The van der Waals surface area contributed by atoms with Crippen molar-refractivity contribution in [2.75, 3.05) is 19.6 Å². The Kier molecular flexibility index (Phi) is 4.74. The van der Waals surface area contributed by atoms with E-state index in [-0.39, 0.29) is 5.91 Å². The van der Waals surface area contributed by atoms with Crippen LogP contribution in [0.25, 0.3) is 0 Å². The molecular weight excluding hydrogens is 312 g/mol. The van der Waals surface area contributed by atoms with Crippen LogP contribution in [0.3, 0.4) is 0 Å². The van der Waals surface area contributed by atoms with Gasteiger partial charge in [0.2, 0.25) is 0 Å². The van der Waals surface area contributed by atoms with Gasteiger partial charge in [0, 0.05) is 18.8 Å². The number of carbonyl (C=O) groups is 1. The number of hydrogen-bond donors (Lipinski definition) is 1. The van der Waals surface area contributed by atoms with Crippen LogP contribution < -0.4 is 5.32 Å². The fourth-order valence-electron chi connectivity index (χ4n) is 4.07. The first-order valence-corrected chi connectivity index (χ1v) is 9.14. The van der Waals surface area contributed by atoms with Crippen molar-refractivity contribution >= 4 is 5.91 Å². The maximum absolute atomic E-state index is 12.1. The number of hydrogen-bond acceptors (Lipinski definition) is 4. The van der Waals surface area contributed by atoms with Gasteiger partial charge in [-0.25, -0.2) is 9.97 Å². The Bertz CT molecular complexity index is 700. The topological polar surface area (TPSA) is 58.1 Å². The fourth-order valence-corrected chi connectivity index (χ4v) is 4.07. The molecule has 1 amide bonds.